The Bertz CT molecular complexity index is 70.0. The van der Waals surface area contributed by atoms with E-state index in [1.54, 1.807) is 0 Å². The van der Waals surface area contributed by atoms with Gasteiger partial charge in [-0.2, -0.15) is 0 Å². The molecule has 0 amide bonds. The molecule has 1 atom stereocenters. The number of hydrogen-bond donors (Lipinski definition) is 0. The molecule has 0 aromatic carbocycles. The molecule has 0 saturated carbocycles. The van der Waals surface area contributed by atoms with E-state index >= 15 is 0 Å². The Kier molecular flexibility index (Phi) is 5.97. The van der Waals surface area contributed by atoms with Crippen molar-refractivity contribution in [3.05, 3.63) is 6.92 Å². The molecule has 0 aliphatic carbocycles. The SMILES string of the molecule is [CH2]C([SiH3])C(OCC)OCC. The molecule has 0 saturated heterocycles. The maximum Gasteiger partial charge on any atom is 0.157 e. The summed E-state index contributed by atoms with van der Waals surface area (Å²) < 4.78 is 10.6. The lowest BCUT2D eigenvalue weighted by atomic mass is 10.4. The van der Waals surface area contributed by atoms with E-state index in [1.807, 2.05) is 13.8 Å². The summed E-state index contributed by atoms with van der Waals surface area (Å²) in [7, 11) is 1.02. The predicted octanol–water partition coefficient (Wildman–Crippen LogP) is 0.373. The van der Waals surface area contributed by atoms with Gasteiger partial charge in [-0.1, -0.05) is 0 Å². The second kappa shape index (κ2) is 5.89. The van der Waals surface area contributed by atoms with Gasteiger partial charge in [-0.3, -0.25) is 0 Å². The quantitative estimate of drug-likeness (QED) is 0.428. The zero-order valence-electron chi connectivity index (χ0n) is 7.09. The average Bonchev–Trinajstić information content (AvgIpc) is 1.87. The van der Waals surface area contributed by atoms with Crippen LogP contribution in [0.3, 0.4) is 0 Å². The normalized spacial score (nSPS) is 14.4. The lowest BCUT2D eigenvalue weighted by Gasteiger charge is -2.19. The maximum atomic E-state index is 5.29. The number of rotatable bonds is 5. The highest BCUT2D eigenvalue weighted by atomic mass is 28.1. The number of ether oxygens (including phenoxy) is 2. The molecule has 0 heterocycles. The summed E-state index contributed by atoms with van der Waals surface area (Å²) in [5.74, 6) is 0. The Morgan fingerprint density at radius 1 is 1.30 bits per heavy atom. The molecule has 0 aliphatic rings. The molecule has 0 bridgehead atoms. The summed E-state index contributed by atoms with van der Waals surface area (Å²) in [6.45, 7) is 9.24. The molecular weight excluding hydrogens is 144 g/mol. The minimum absolute atomic E-state index is 0.0679. The Morgan fingerprint density at radius 2 is 1.70 bits per heavy atom. The van der Waals surface area contributed by atoms with Crippen molar-refractivity contribution in [3.8, 4) is 0 Å². The van der Waals surface area contributed by atoms with Gasteiger partial charge in [-0.25, -0.2) is 0 Å². The van der Waals surface area contributed by atoms with Crippen molar-refractivity contribution in [2.75, 3.05) is 13.2 Å². The van der Waals surface area contributed by atoms with E-state index in [0.29, 0.717) is 18.8 Å². The first-order valence-electron chi connectivity index (χ1n) is 3.78. The molecule has 10 heavy (non-hydrogen) atoms. The summed E-state index contributed by atoms with van der Waals surface area (Å²) in [5.41, 5.74) is 0.333. The van der Waals surface area contributed by atoms with Gasteiger partial charge < -0.3 is 9.47 Å². The van der Waals surface area contributed by atoms with Gasteiger partial charge in [0.05, 0.1) is 0 Å². The van der Waals surface area contributed by atoms with Crippen LogP contribution >= 0.6 is 0 Å². The first-order valence-corrected chi connectivity index (χ1v) is 4.94. The molecule has 0 aromatic heterocycles. The third-order valence-electron chi connectivity index (χ3n) is 1.13. The van der Waals surface area contributed by atoms with Crippen molar-refractivity contribution in [2.24, 2.45) is 0 Å². The van der Waals surface area contributed by atoms with E-state index in [9.17, 15) is 0 Å². The number of hydrogen-bond acceptors (Lipinski definition) is 2. The fraction of sp³-hybridized carbons (Fsp3) is 0.857. The third-order valence-corrected chi connectivity index (χ3v) is 1.67. The van der Waals surface area contributed by atoms with Crippen LogP contribution in [0.1, 0.15) is 13.8 Å². The second-order valence-corrected chi connectivity index (χ2v) is 3.74. The van der Waals surface area contributed by atoms with Gasteiger partial charge in [0.15, 0.2) is 6.29 Å². The van der Waals surface area contributed by atoms with Gasteiger partial charge in [-0.05, 0) is 26.3 Å². The van der Waals surface area contributed by atoms with Crippen LogP contribution in [0.15, 0.2) is 0 Å². The van der Waals surface area contributed by atoms with E-state index < -0.39 is 0 Å². The Labute approximate surface area is 66.3 Å². The summed E-state index contributed by atoms with van der Waals surface area (Å²) in [5, 5.41) is 0. The van der Waals surface area contributed by atoms with E-state index in [-0.39, 0.29) is 6.29 Å². The van der Waals surface area contributed by atoms with E-state index in [2.05, 4.69) is 6.92 Å². The zero-order valence-corrected chi connectivity index (χ0v) is 9.09. The molecule has 1 unspecified atom stereocenters. The van der Waals surface area contributed by atoms with Gasteiger partial charge in [0.2, 0.25) is 0 Å². The minimum atomic E-state index is -0.0679. The van der Waals surface area contributed by atoms with E-state index in [1.165, 1.54) is 0 Å². The van der Waals surface area contributed by atoms with Crippen molar-refractivity contribution in [3.63, 3.8) is 0 Å². The van der Waals surface area contributed by atoms with Crippen molar-refractivity contribution in [1.29, 1.82) is 0 Å². The average molecular weight is 161 g/mol. The molecule has 61 valence electrons. The molecule has 2 nitrogen and oxygen atoms in total. The summed E-state index contributed by atoms with van der Waals surface area (Å²) in [6, 6.07) is 0. The Balaban J connectivity index is 3.50. The van der Waals surface area contributed by atoms with E-state index in [0.717, 1.165) is 10.2 Å². The highest BCUT2D eigenvalue weighted by Crippen LogP contribution is 2.09. The topological polar surface area (TPSA) is 18.5 Å². The molecule has 0 aliphatic heterocycles. The summed E-state index contributed by atoms with van der Waals surface area (Å²) >= 11 is 0. The van der Waals surface area contributed by atoms with E-state index in [4.69, 9.17) is 9.47 Å². The first-order chi connectivity index (χ1) is 4.72. The van der Waals surface area contributed by atoms with Gasteiger partial charge in [0.25, 0.3) is 0 Å². The fourth-order valence-electron chi connectivity index (χ4n) is 0.705. The predicted molar refractivity (Wildman–Crippen MR) is 46.1 cm³/mol. The van der Waals surface area contributed by atoms with Crippen molar-refractivity contribution in [1.82, 2.24) is 0 Å². The monoisotopic (exact) mass is 161 g/mol. The molecule has 1 radical (unpaired) electrons. The van der Waals surface area contributed by atoms with Crippen molar-refractivity contribution < 1.29 is 9.47 Å². The Morgan fingerprint density at radius 3 is 1.90 bits per heavy atom. The highest BCUT2D eigenvalue weighted by molar-refractivity contribution is 6.12. The lowest BCUT2D eigenvalue weighted by molar-refractivity contribution is -0.132. The summed E-state index contributed by atoms with van der Waals surface area (Å²) in [6.07, 6.45) is -0.0679. The van der Waals surface area contributed by atoms with Crippen LogP contribution in [-0.2, 0) is 9.47 Å². The van der Waals surface area contributed by atoms with Crippen LogP contribution < -0.4 is 0 Å². The van der Waals surface area contributed by atoms with Crippen molar-refractivity contribution in [2.45, 2.75) is 25.7 Å². The second-order valence-electron chi connectivity index (χ2n) is 2.26. The molecule has 0 fully saturated rings. The largest absolute Gasteiger partial charge is 0.353 e. The molecule has 0 N–H and O–H groups in total. The van der Waals surface area contributed by atoms with Crippen LogP contribution in [0.2, 0.25) is 5.54 Å². The fourth-order valence-corrected chi connectivity index (χ4v) is 1.09. The van der Waals surface area contributed by atoms with Crippen LogP contribution in [0.4, 0.5) is 0 Å². The van der Waals surface area contributed by atoms with Crippen LogP contribution in [0.5, 0.6) is 0 Å². The first kappa shape index (κ1) is 10.1. The maximum absolute atomic E-state index is 5.29. The molecule has 0 spiro atoms. The van der Waals surface area contributed by atoms with Crippen molar-refractivity contribution >= 4 is 10.2 Å². The van der Waals surface area contributed by atoms with Crippen LogP contribution in [0.25, 0.3) is 0 Å². The lowest BCUT2D eigenvalue weighted by Crippen LogP contribution is -2.21. The van der Waals surface area contributed by atoms with Gasteiger partial charge in [0, 0.05) is 23.5 Å². The molecule has 3 heteroatoms. The van der Waals surface area contributed by atoms with Crippen LogP contribution in [0, 0.1) is 6.92 Å². The molecule has 0 aromatic rings. The van der Waals surface area contributed by atoms with Crippen LogP contribution in [-0.4, -0.2) is 29.7 Å². The summed E-state index contributed by atoms with van der Waals surface area (Å²) in [4.78, 5) is 0. The highest BCUT2D eigenvalue weighted by Gasteiger charge is 2.11. The standard InChI is InChI=1S/C7H17O2Si/c1-4-8-7(6(3)10)9-5-2/h6-7H,3-5H2,1-2,10H3. The van der Waals surface area contributed by atoms with Gasteiger partial charge in [-0.15, -0.1) is 0 Å². The Hall–Kier alpha value is 0.137. The molecular formula is C7H17O2Si. The van der Waals surface area contributed by atoms with Gasteiger partial charge >= 0.3 is 0 Å². The minimum Gasteiger partial charge on any atom is -0.353 e. The zero-order chi connectivity index (χ0) is 7.98. The molecule has 0 rings (SSSR count). The third kappa shape index (κ3) is 4.03. The van der Waals surface area contributed by atoms with Gasteiger partial charge in [0.1, 0.15) is 0 Å². The smallest absolute Gasteiger partial charge is 0.157 e.